The summed E-state index contributed by atoms with van der Waals surface area (Å²) < 4.78 is 0. The molecular weight excluding hydrogens is 398 g/mol. The number of hydrogen-bond donors (Lipinski definition) is 1. The average Bonchev–Trinajstić information content (AvgIpc) is 2.77. The molecule has 0 aromatic rings. The molecule has 1 rings (SSSR count). The van der Waals surface area contributed by atoms with Crippen LogP contribution in [0.3, 0.4) is 0 Å². The number of unbranched alkanes of at least 4 members (excludes halogenated alkanes) is 1. The quantitative estimate of drug-likeness (QED) is 0.180. The van der Waals surface area contributed by atoms with Gasteiger partial charge in [0.2, 0.25) is 0 Å². The molecule has 8 atom stereocenters. The van der Waals surface area contributed by atoms with Crippen LogP contribution in [0.15, 0.2) is 24.8 Å². The van der Waals surface area contributed by atoms with Crippen molar-refractivity contribution < 1.29 is 0 Å². The van der Waals surface area contributed by atoms with Gasteiger partial charge >= 0.3 is 0 Å². The summed E-state index contributed by atoms with van der Waals surface area (Å²) in [5.41, 5.74) is 7.23. The maximum atomic E-state index is 5.74. The van der Waals surface area contributed by atoms with Gasteiger partial charge in [0.15, 0.2) is 0 Å². The molecule has 0 aromatic carbocycles. The van der Waals surface area contributed by atoms with E-state index in [0.29, 0.717) is 5.92 Å². The van der Waals surface area contributed by atoms with E-state index in [2.05, 4.69) is 60.8 Å². The Labute approximate surface area is 209 Å². The highest BCUT2D eigenvalue weighted by atomic mass is 14.5. The van der Waals surface area contributed by atoms with Crippen LogP contribution in [0.1, 0.15) is 125 Å². The van der Waals surface area contributed by atoms with E-state index < -0.39 is 0 Å². The molecule has 1 heteroatoms. The normalized spacial score (nSPS) is 25.0. The molecule has 1 fully saturated rings. The lowest BCUT2D eigenvalue weighted by Gasteiger charge is -2.44. The Balaban J connectivity index is 2.74. The van der Waals surface area contributed by atoms with Crippen LogP contribution in [0.25, 0.3) is 0 Å². The Kier molecular flexibility index (Phi) is 15.7. The van der Waals surface area contributed by atoms with Gasteiger partial charge in [0.1, 0.15) is 0 Å². The summed E-state index contributed by atoms with van der Waals surface area (Å²) in [4.78, 5) is 0. The zero-order valence-corrected chi connectivity index (χ0v) is 23.6. The van der Waals surface area contributed by atoms with Crippen molar-refractivity contribution in [2.24, 2.45) is 53.1 Å². The molecule has 0 heterocycles. The molecule has 0 spiro atoms. The predicted octanol–water partition coefficient (Wildman–Crippen LogP) is 9.82. The zero-order valence-electron chi connectivity index (χ0n) is 23.6. The van der Waals surface area contributed by atoms with Crippen LogP contribution in [0, 0.1) is 47.3 Å². The first-order valence-corrected chi connectivity index (χ1v) is 14.8. The molecule has 194 valence electrons. The monoisotopic (exact) mass is 459 g/mol. The molecule has 0 aliphatic heterocycles. The van der Waals surface area contributed by atoms with Crippen LogP contribution in [0.5, 0.6) is 0 Å². The van der Waals surface area contributed by atoms with Crippen molar-refractivity contribution in [3.63, 3.8) is 0 Å². The van der Waals surface area contributed by atoms with Crippen LogP contribution < -0.4 is 5.73 Å². The molecule has 0 aromatic heterocycles. The van der Waals surface area contributed by atoms with Gasteiger partial charge in [0.25, 0.3) is 0 Å². The fraction of sp³-hybridized carbons (Fsp3) is 0.875. The second-order valence-corrected chi connectivity index (χ2v) is 12.0. The molecule has 0 saturated heterocycles. The highest BCUT2D eigenvalue weighted by Crippen LogP contribution is 2.46. The smallest absolute Gasteiger partial charge is 0.00747 e. The topological polar surface area (TPSA) is 26.0 Å². The maximum Gasteiger partial charge on any atom is -0.00747 e. The highest BCUT2D eigenvalue weighted by molar-refractivity contribution is 5.02. The Morgan fingerprint density at radius 1 is 1.00 bits per heavy atom. The van der Waals surface area contributed by atoms with Gasteiger partial charge in [-0.25, -0.2) is 0 Å². The molecule has 0 radical (unpaired) electrons. The van der Waals surface area contributed by atoms with Crippen molar-refractivity contribution in [2.45, 2.75) is 125 Å². The minimum absolute atomic E-state index is 0.650. The summed E-state index contributed by atoms with van der Waals surface area (Å²) in [6.45, 7) is 24.2. The molecule has 1 nitrogen and oxygen atoms in total. The third-order valence-corrected chi connectivity index (χ3v) is 9.24. The van der Waals surface area contributed by atoms with Gasteiger partial charge in [-0.1, -0.05) is 105 Å². The SMILES string of the molecule is C=CC(CCC1CC(C)C1CC)C(CC(=C)CC(C)CCC(C)CCN)C(CC)CCCC. The summed E-state index contributed by atoms with van der Waals surface area (Å²) >= 11 is 0. The summed E-state index contributed by atoms with van der Waals surface area (Å²) in [6.07, 6.45) is 19.4. The Morgan fingerprint density at radius 2 is 1.70 bits per heavy atom. The molecule has 2 N–H and O–H groups in total. The largest absolute Gasteiger partial charge is 0.330 e. The lowest BCUT2D eigenvalue weighted by molar-refractivity contribution is 0.0654. The third-order valence-electron chi connectivity index (χ3n) is 9.24. The molecule has 0 bridgehead atoms. The van der Waals surface area contributed by atoms with Gasteiger partial charge in [-0.05, 0) is 92.4 Å². The lowest BCUT2D eigenvalue weighted by atomic mass is 9.61. The third kappa shape index (κ3) is 10.7. The number of rotatable bonds is 20. The van der Waals surface area contributed by atoms with Crippen molar-refractivity contribution >= 4 is 0 Å². The van der Waals surface area contributed by atoms with Crippen LogP contribution in [0.4, 0.5) is 0 Å². The maximum absolute atomic E-state index is 5.74. The van der Waals surface area contributed by atoms with Crippen LogP contribution in [-0.2, 0) is 0 Å². The van der Waals surface area contributed by atoms with Gasteiger partial charge in [0, 0.05) is 0 Å². The van der Waals surface area contributed by atoms with E-state index in [4.69, 9.17) is 5.73 Å². The van der Waals surface area contributed by atoms with E-state index in [1.54, 1.807) is 0 Å². The number of hydrogen-bond acceptors (Lipinski definition) is 1. The van der Waals surface area contributed by atoms with Crippen molar-refractivity contribution in [1.82, 2.24) is 0 Å². The summed E-state index contributed by atoms with van der Waals surface area (Å²) in [7, 11) is 0. The fourth-order valence-electron chi connectivity index (χ4n) is 6.94. The summed E-state index contributed by atoms with van der Waals surface area (Å²) in [6, 6.07) is 0. The molecule has 1 aliphatic carbocycles. The van der Waals surface area contributed by atoms with Crippen molar-refractivity contribution in [1.29, 1.82) is 0 Å². The standard InChI is InChI=1S/C32H61N/c1-9-13-14-28(10-2)32(22-26(7)21-25(6)16-15-24(5)19-20-33)29(11-3)17-18-30-23-27(8)31(30)12-4/h11,24-25,27-32H,3,7,9-10,12-23,33H2,1-2,4-6,8H3. The van der Waals surface area contributed by atoms with E-state index in [1.165, 1.54) is 82.6 Å². The second kappa shape index (κ2) is 17.0. The summed E-state index contributed by atoms with van der Waals surface area (Å²) in [5.74, 6) is 6.55. The van der Waals surface area contributed by atoms with Crippen molar-refractivity contribution in [3.8, 4) is 0 Å². The van der Waals surface area contributed by atoms with Crippen LogP contribution >= 0.6 is 0 Å². The van der Waals surface area contributed by atoms with E-state index >= 15 is 0 Å². The minimum atomic E-state index is 0.650. The Hall–Kier alpha value is -0.560. The molecule has 33 heavy (non-hydrogen) atoms. The molecule has 1 saturated carbocycles. The van der Waals surface area contributed by atoms with Crippen molar-refractivity contribution in [2.75, 3.05) is 6.54 Å². The fourth-order valence-corrected chi connectivity index (χ4v) is 6.94. The van der Waals surface area contributed by atoms with E-state index in [1.807, 2.05) is 0 Å². The van der Waals surface area contributed by atoms with Gasteiger partial charge in [-0.3, -0.25) is 0 Å². The van der Waals surface area contributed by atoms with Crippen LogP contribution in [-0.4, -0.2) is 6.54 Å². The first-order chi connectivity index (χ1) is 15.8. The van der Waals surface area contributed by atoms with Gasteiger partial charge < -0.3 is 5.73 Å². The average molecular weight is 460 g/mol. The van der Waals surface area contributed by atoms with Gasteiger partial charge in [0.05, 0.1) is 0 Å². The number of nitrogens with two attached hydrogens (primary N) is 1. The zero-order chi connectivity index (χ0) is 24.8. The molecule has 8 unspecified atom stereocenters. The Bertz CT molecular complexity index is 523. The summed E-state index contributed by atoms with van der Waals surface area (Å²) in [5, 5.41) is 0. The first-order valence-electron chi connectivity index (χ1n) is 14.8. The van der Waals surface area contributed by atoms with Crippen LogP contribution in [0.2, 0.25) is 0 Å². The molecular formula is C32H61N. The first kappa shape index (κ1) is 30.5. The minimum Gasteiger partial charge on any atom is -0.330 e. The van der Waals surface area contributed by atoms with E-state index in [9.17, 15) is 0 Å². The van der Waals surface area contributed by atoms with E-state index in [-0.39, 0.29) is 0 Å². The second-order valence-electron chi connectivity index (χ2n) is 12.0. The van der Waals surface area contributed by atoms with E-state index in [0.717, 1.165) is 54.4 Å². The highest BCUT2D eigenvalue weighted by Gasteiger charge is 2.37. The van der Waals surface area contributed by atoms with Gasteiger partial charge in [-0.2, -0.15) is 0 Å². The Morgan fingerprint density at radius 3 is 2.24 bits per heavy atom. The molecule has 1 aliphatic rings. The van der Waals surface area contributed by atoms with Crippen molar-refractivity contribution in [3.05, 3.63) is 24.8 Å². The lowest BCUT2D eigenvalue weighted by Crippen LogP contribution is -2.35. The number of allylic oxidation sites excluding steroid dienone is 2. The van der Waals surface area contributed by atoms with Gasteiger partial charge in [-0.15, -0.1) is 6.58 Å². The molecule has 0 amide bonds. The predicted molar refractivity (Wildman–Crippen MR) is 150 cm³/mol.